The second kappa shape index (κ2) is 14.5. The van der Waals surface area contributed by atoms with Crippen molar-refractivity contribution >= 4 is 29.9 Å². The second-order valence-corrected chi connectivity index (χ2v) is 9.42. The Morgan fingerprint density at radius 1 is 1.15 bits per heavy atom. The van der Waals surface area contributed by atoms with E-state index in [0.717, 1.165) is 6.42 Å². The number of benzene rings is 1. The van der Waals surface area contributed by atoms with Crippen LogP contribution >= 0.6 is 0 Å². The number of unbranched alkanes of at least 4 members (excludes halogenated alkanes) is 1. The highest BCUT2D eigenvalue weighted by Crippen LogP contribution is 2.20. The number of aromatic nitrogens is 1. The number of alkyl carbamates (subject to hydrolysis) is 1. The molecule has 0 saturated heterocycles. The molecule has 0 fully saturated rings. The molecule has 13 heteroatoms. The normalized spacial score (nSPS) is 12.3. The second-order valence-electron chi connectivity index (χ2n) is 9.42. The number of carbonyl (C=O) groups is 4. The topological polar surface area (TPSA) is 184 Å². The number of amidine groups is 1. The van der Waals surface area contributed by atoms with Gasteiger partial charge in [-0.25, -0.2) is 14.4 Å². The van der Waals surface area contributed by atoms with E-state index < -0.39 is 35.7 Å². The Hall–Kier alpha value is -4.42. The SMILES string of the molecule is CCCCOC(=O)N[C@@H](CNC(=O)Cc1cc(-c2ccc(/C(N)=N/C(=O)OC(C)(C)C)cc2)no1)C(=O)OC. The third kappa shape index (κ3) is 10.8. The third-order valence-electron chi connectivity index (χ3n) is 4.99. The predicted octanol–water partition coefficient (Wildman–Crippen LogP) is 2.71. The molecule has 0 saturated carbocycles. The highest BCUT2D eigenvalue weighted by Gasteiger charge is 2.23. The van der Waals surface area contributed by atoms with Gasteiger partial charge in [0.25, 0.3) is 0 Å². The zero-order valence-corrected chi connectivity index (χ0v) is 22.7. The molecule has 0 spiro atoms. The van der Waals surface area contributed by atoms with Gasteiger partial charge in [0.2, 0.25) is 5.91 Å². The van der Waals surface area contributed by atoms with Gasteiger partial charge in [0.05, 0.1) is 20.1 Å². The summed E-state index contributed by atoms with van der Waals surface area (Å²) in [5.74, 6) is -0.916. The molecule has 13 nitrogen and oxygen atoms in total. The molecule has 1 aromatic carbocycles. The van der Waals surface area contributed by atoms with Gasteiger partial charge < -0.3 is 35.1 Å². The van der Waals surface area contributed by atoms with Gasteiger partial charge in [0, 0.05) is 23.7 Å². The smallest absolute Gasteiger partial charge is 0.436 e. The first-order chi connectivity index (χ1) is 18.4. The average molecular weight is 546 g/mol. The van der Waals surface area contributed by atoms with Crippen molar-refractivity contribution in [2.24, 2.45) is 10.7 Å². The highest BCUT2D eigenvalue weighted by molar-refractivity contribution is 6.03. The number of aliphatic imine (C=N–C) groups is 1. The molecule has 212 valence electrons. The van der Waals surface area contributed by atoms with Crippen LogP contribution in [-0.4, -0.2) is 67.0 Å². The van der Waals surface area contributed by atoms with Crippen LogP contribution in [0.5, 0.6) is 0 Å². The largest absolute Gasteiger partial charge is 0.467 e. The molecule has 3 amide bonds. The van der Waals surface area contributed by atoms with Crippen molar-refractivity contribution in [3.63, 3.8) is 0 Å². The molecular formula is C26H35N5O8. The van der Waals surface area contributed by atoms with Crippen LogP contribution in [0.4, 0.5) is 9.59 Å². The van der Waals surface area contributed by atoms with E-state index in [1.165, 1.54) is 7.11 Å². The van der Waals surface area contributed by atoms with Crippen LogP contribution in [0.1, 0.15) is 51.9 Å². The van der Waals surface area contributed by atoms with E-state index in [1.807, 2.05) is 6.92 Å². The van der Waals surface area contributed by atoms with Crippen molar-refractivity contribution in [3.05, 3.63) is 41.7 Å². The number of hydrogen-bond donors (Lipinski definition) is 3. The molecule has 0 unspecified atom stereocenters. The Kier molecular flexibility index (Phi) is 11.5. The fraction of sp³-hybridized carbons (Fsp3) is 0.462. The van der Waals surface area contributed by atoms with Crippen molar-refractivity contribution in [2.45, 2.75) is 58.6 Å². The molecule has 1 heterocycles. The maximum Gasteiger partial charge on any atom is 0.436 e. The zero-order valence-electron chi connectivity index (χ0n) is 22.7. The molecule has 39 heavy (non-hydrogen) atoms. The fourth-order valence-corrected chi connectivity index (χ4v) is 3.06. The van der Waals surface area contributed by atoms with E-state index in [-0.39, 0.29) is 31.2 Å². The first-order valence-corrected chi connectivity index (χ1v) is 12.3. The first kappa shape index (κ1) is 30.8. The Morgan fingerprint density at radius 2 is 1.85 bits per heavy atom. The summed E-state index contributed by atoms with van der Waals surface area (Å²) < 4.78 is 20.0. The van der Waals surface area contributed by atoms with Gasteiger partial charge in [-0.1, -0.05) is 42.8 Å². The fourth-order valence-electron chi connectivity index (χ4n) is 3.06. The summed E-state index contributed by atoms with van der Waals surface area (Å²) in [6.45, 7) is 7.14. The van der Waals surface area contributed by atoms with E-state index >= 15 is 0 Å². The van der Waals surface area contributed by atoms with Gasteiger partial charge in [-0.3, -0.25) is 4.79 Å². The molecule has 0 aliphatic heterocycles. The van der Waals surface area contributed by atoms with Gasteiger partial charge in [-0.05, 0) is 27.2 Å². The van der Waals surface area contributed by atoms with E-state index in [2.05, 4.69) is 25.5 Å². The van der Waals surface area contributed by atoms with Crippen molar-refractivity contribution in [2.75, 3.05) is 20.3 Å². The molecule has 2 aromatic rings. The number of nitrogens with two attached hydrogens (primary N) is 1. The monoisotopic (exact) mass is 545 g/mol. The summed E-state index contributed by atoms with van der Waals surface area (Å²) in [6.07, 6.45) is -0.194. The van der Waals surface area contributed by atoms with Crippen molar-refractivity contribution in [1.82, 2.24) is 15.8 Å². The summed E-state index contributed by atoms with van der Waals surface area (Å²) >= 11 is 0. The summed E-state index contributed by atoms with van der Waals surface area (Å²) in [4.78, 5) is 51.8. The minimum atomic E-state index is -1.12. The third-order valence-corrected chi connectivity index (χ3v) is 4.99. The van der Waals surface area contributed by atoms with E-state index in [1.54, 1.807) is 51.1 Å². The van der Waals surface area contributed by atoms with Gasteiger partial charge in [-0.2, -0.15) is 4.99 Å². The summed E-state index contributed by atoms with van der Waals surface area (Å²) in [7, 11) is 1.17. The minimum absolute atomic E-state index is 0.00211. The molecule has 0 bridgehead atoms. The van der Waals surface area contributed by atoms with Gasteiger partial charge in [-0.15, -0.1) is 0 Å². The molecule has 0 radical (unpaired) electrons. The highest BCUT2D eigenvalue weighted by atomic mass is 16.6. The van der Waals surface area contributed by atoms with Crippen molar-refractivity contribution in [3.8, 4) is 11.3 Å². The summed E-state index contributed by atoms with van der Waals surface area (Å²) in [5, 5.41) is 8.91. The predicted molar refractivity (Wildman–Crippen MR) is 141 cm³/mol. The van der Waals surface area contributed by atoms with Crippen LogP contribution in [0.3, 0.4) is 0 Å². The van der Waals surface area contributed by atoms with Crippen LogP contribution in [-0.2, 0) is 30.2 Å². The standard InChI is InChI=1S/C26H35N5O8/c1-6-7-12-37-24(34)29-20(23(33)36-5)15-28-21(32)14-18-13-19(31-39-18)16-8-10-17(11-9-16)22(27)30-25(35)38-26(2,3)4/h8-11,13,20H,6-7,12,14-15H2,1-5H3,(H,28,32)(H,29,34)(H2,27,30,35)/t20-/m0/s1. The Morgan fingerprint density at radius 3 is 2.46 bits per heavy atom. The number of methoxy groups -OCH3 is 1. The van der Waals surface area contributed by atoms with Crippen LogP contribution in [0, 0.1) is 0 Å². The molecule has 0 aliphatic rings. The first-order valence-electron chi connectivity index (χ1n) is 12.3. The maximum atomic E-state index is 12.4. The Labute approximate surface area is 226 Å². The van der Waals surface area contributed by atoms with E-state index in [9.17, 15) is 19.2 Å². The van der Waals surface area contributed by atoms with Crippen molar-refractivity contribution in [1.29, 1.82) is 0 Å². The zero-order chi connectivity index (χ0) is 29.0. The molecule has 2 rings (SSSR count). The molecule has 1 aromatic heterocycles. The molecule has 0 aliphatic carbocycles. The number of nitrogens with zero attached hydrogens (tertiary/aromatic N) is 2. The van der Waals surface area contributed by atoms with Crippen LogP contribution in [0.2, 0.25) is 0 Å². The summed E-state index contributed by atoms with van der Waals surface area (Å²) in [6, 6.07) is 7.21. The van der Waals surface area contributed by atoms with Gasteiger partial charge >= 0.3 is 18.2 Å². The van der Waals surface area contributed by atoms with Crippen molar-refractivity contribution < 1.29 is 37.9 Å². The number of amides is 3. The number of nitrogens with one attached hydrogen (secondary N) is 2. The maximum absolute atomic E-state index is 12.4. The van der Waals surface area contributed by atoms with Gasteiger partial charge in [0.15, 0.2) is 0 Å². The minimum Gasteiger partial charge on any atom is -0.467 e. The Balaban J connectivity index is 1.94. The summed E-state index contributed by atoms with van der Waals surface area (Å²) in [5.41, 5.74) is 6.87. The average Bonchev–Trinajstić information content (AvgIpc) is 3.33. The number of hydrogen-bond acceptors (Lipinski definition) is 9. The van der Waals surface area contributed by atoms with E-state index in [0.29, 0.717) is 23.2 Å². The number of ether oxygens (including phenoxy) is 3. The van der Waals surface area contributed by atoms with Gasteiger partial charge in [0.1, 0.15) is 28.9 Å². The molecular weight excluding hydrogens is 510 g/mol. The molecule has 4 N–H and O–H groups in total. The number of rotatable bonds is 11. The van der Waals surface area contributed by atoms with Crippen LogP contribution in [0.15, 0.2) is 39.8 Å². The lowest BCUT2D eigenvalue weighted by Crippen LogP contribution is -2.49. The van der Waals surface area contributed by atoms with E-state index in [4.69, 9.17) is 19.7 Å². The lowest BCUT2D eigenvalue weighted by atomic mass is 10.1. The quantitative estimate of drug-likeness (QED) is 0.125. The number of carbonyl (C=O) groups excluding carboxylic acids is 4. The lowest BCUT2D eigenvalue weighted by Gasteiger charge is -2.17. The lowest BCUT2D eigenvalue weighted by molar-refractivity contribution is -0.142. The van der Waals surface area contributed by atoms with Crippen LogP contribution < -0.4 is 16.4 Å². The molecule has 1 atom stereocenters. The number of esters is 1. The Bertz CT molecular complexity index is 1170. The van der Waals surface area contributed by atoms with Crippen LogP contribution in [0.25, 0.3) is 11.3 Å².